The highest BCUT2D eigenvalue weighted by Gasteiger charge is 2.15. The summed E-state index contributed by atoms with van der Waals surface area (Å²) >= 11 is 5.93. The van der Waals surface area contributed by atoms with Crippen molar-refractivity contribution >= 4 is 44.5 Å². The maximum atomic E-state index is 12.9. The Balaban J connectivity index is 1.60. The first-order chi connectivity index (χ1) is 12.8. The minimum Gasteiger partial charge on any atom is -0.313 e. The second-order valence-electron chi connectivity index (χ2n) is 5.78. The molecule has 2 aromatic carbocycles. The molecule has 1 heterocycles. The molecule has 10 heteroatoms. The Hall–Kier alpha value is -2.49. The number of halogens is 2. The quantitative estimate of drug-likeness (QED) is 0.653. The Morgan fingerprint density at radius 1 is 1.22 bits per heavy atom. The van der Waals surface area contributed by atoms with E-state index in [1.54, 1.807) is 29.8 Å². The Kier molecular flexibility index (Phi) is 5.45. The molecule has 0 radical (unpaired) electrons. The van der Waals surface area contributed by atoms with Gasteiger partial charge in [0, 0.05) is 25.0 Å². The summed E-state index contributed by atoms with van der Waals surface area (Å²) in [6.45, 7) is -0.110. The molecule has 0 aliphatic heterocycles. The standard InChI is InChI=1S/C17H16ClFN4O3S/c1-23-15-7-2-11(18)10-14(15)21-17(23)22-16(24)8-9-20-27(25,26)13-5-3-12(19)4-6-13/h2-7,10,20H,8-9H2,1H3,(H,21,22,24). The summed E-state index contributed by atoms with van der Waals surface area (Å²) in [6, 6.07) is 9.62. The first kappa shape index (κ1) is 19.3. The normalized spacial score (nSPS) is 11.7. The van der Waals surface area contributed by atoms with Crippen molar-refractivity contribution in [3.63, 3.8) is 0 Å². The highest BCUT2D eigenvalue weighted by atomic mass is 35.5. The topological polar surface area (TPSA) is 93.1 Å². The van der Waals surface area contributed by atoms with E-state index in [4.69, 9.17) is 11.6 Å². The fourth-order valence-electron chi connectivity index (χ4n) is 2.47. The van der Waals surface area contributed by atoms with E-state index in [1.165, 1.54) is 0 Å². The lowest BCUT2D eigenvalue weighted by molar-refractivity contribution is -0.116. The minimum atomic E-state index is -3.81. The van der Waals surface area contributed by atoms with E-state index >= 15 is 0 Å². The molecule has 0 aliphatic carbocycles. The van der Waals surface area contributed by atoms with Gasteiger partial charge in [0.25, 0.3) is 0 Å². The number of rotatable bonds is 6. The summed E-state index contributed by atoms with van der Waals surface area (Å²) in [7, 11) is -2.07. The van der Waals surface area contributed by atoms with Crippen molar-refractivity contribution in [3.8, 4) is 0 Å². The smallest absolute Gasteiger partial charge is 0.240 e. The third-order valence-electron chi connectivity index (χ3n) is 3.86. The van der Waals surface area contributed by atoms with Crippen LogP contribution < -0.4 is 10.0 Å². The van der Waals surface area contributed by atoms with Gasteiger partial charge in [0.2, 0.25) is 21.9 Å². The average molecular weight is 411 g/mol. The zero-order chi connectivity index (χ0) is 19.6. The number of nitrogens with one attached hydrogen (secondary N) is 2. The second-order valence-corrected chi connectivity index (χ2v) is 7.98. The highest BCUT2D eigenvalue weighted by molar-refractivity contribution is 7.89. The van der Waals surface area contributed by atoms with Gasteiger partial charge in [-0.2, -0.15) is 0 Å². The molecule has 3 aromatic rings. The van der Waals surface area contributed by atoms with Gasteiger partial charge in [-0.15, -0.1) is 0 Å². The number of hydrogen-bond acceptors (Lipinski definition) is 4. The number of amides is 1. The SMILES string of the molecule is Cn1c(NC(=O)CCNS(=O)(=O)c2ccc(F)cc2)nc2cc(Cl)ccc21. The molecule has 0 spiro atoms. The number of carbonyl (C=O) groups is 1. The fraction of sp³-hybridized carbons (Fsp3) is 0.176. The number of carbonyl (C=O) groups excluding carboxylic acids is 1. The molecule has 0 bridgehead atoms. The van der Waals surface area contributed by atoms with Crippen LogP contribution in [-0.4, -0.2) is 30.4 Å². The molecule has 27 heavy (non-hydrogen) atoms. The van der Waals surface area contributed by atoms with Crippen LogP contribution >= 0.6 is 11.6 Å². The molecule has 142 valence electrons. The van der Waals surface area contributed by atoms with E-state index in [0.29, 0.717) is 16.5 Å². The molecule has 0 saturated carbocycles. The van der Waals surface area contributed by atoms with Crippen molar-refractivity contribution in [2.24, 2.45) is 7.05 Å². The Labute approximate surface area is 160 Å². The summed E-state index contributed by atoms with van der Waals surface area (Å²) < 4.78 is 41.1. The second kappa shape index (κ2) is 7.63. The van der Waals surface area contributed by atoms with Crippen LogP contribution in [0, 0.1) is 5.82 Å². The molecular formula is C17H16ClFN4O3S. The van der Waals surface area contributed by atoms with Gasteiger partial charge in [0.05, 0.1) is 15.9 Å². The van der Waals surface area contributed by atoms with Crippen LogP contribution in [-0.2, 0) is 21.9 Å². The molecule has 0 atom stereocenters. The molecule has 0 saturated heterocycles. The summed E-state index contributed by atoms with van der Waals surface area (Å²) in [5.74, 6) is -0.600. The molecule has 0 aliphatic rings. The molecular weight excluding hydrogens is 395 g/mol. The zero-order valence-electron chi connectivity index (χ0n) is 14.2. The predicted octanol–water partition coefficient (Wildman–Crippen LogP) is 2.67. The summed E-state index contributed by atoms with van der Waals surface area (Å²) in [5.41, 5.74) is 1.43. The molecule has 2 N–H and O–H groups in total. The maximum Gasteiger partial charge on any atom is 0.240 e. The number of anilines is 1. The Morgan fingerprint density at radius 3 is 2.63 bits per heavy atom. The Bertz CT molecular complexity index is 1100. The third kappa shape index (κ3) is 4.44. The molecule has 3 rings (SSSR count). The van der Waals surface area contributed by atoms with Gasteiger partial charge in [-0.1, -0.05) is 11.6 Å². The predicted molar refractivity (Wildman–Crippen MR) is 101 cm³/mol. The van der Waals surface area contributed by atoms with Crippen molar-refractivity contribution in [1.29, 1.82) is 0 Å². The number of fused-ring (bicyclic) bond motifs is 1. The van der Waals surface area contributed by atoms with Crippen LogP contribution in [0.2, 0.25) is 5.02 Å². The molecule has 1 amide bonds. The first-order valence-corrected chi connectivity index (χ1v) is 9.79. The molecule has 0 unspecified atom stereocenters. The minimum absolute atomic E-state index is 0.0727. The van der Waals surface area contributed by atoms with E-state index in [0.717, 1.165) is 29.8 Å². The van der Waals surface area contributed by atoms with Gasteiger partial charge >= 0.3 is 0 Å². The van der Waals surface area contributed by atoms with Crippen LogP contribution in [0.1, 0.15) is 6.42 Å². The largest absolute Gasteiger partial charge is 0.313 e. The van der Waals surface area contributed by atoms with Gasteiger partial charge in [-0.05, 0) is 42.5 Å². The highest BCUT2D eigenvalue weighted by Crippen LogP contribution is 2.21. The van der Waals surface area contributed by atoms with Gasteiger partial charge in [-0.25, -0.2) is 22.5 Å². The third-order valence-corrected chi connectivity index (χ3v) is 5.57. The monoisotopic (exact) mass is 410 g/mol. The molecule has 0 fully saturated rings. The molecule has 1 aromatic heterocycles. The lowest BCUT2D eigenvalue weighted by Crippen LogP contribution is -2.28. The van der Waals surface area contributed by atoms with Gasteiger partial charge < -0.3 is 4.57 Å². The van der Waals surface area contributed by atoms with Gasteiger partial charge in [0.15, 0.2) is 0 Å². The first-order valence-electron chi connectivity index (χ1n) is 7.93. The van der Waals surface area contributed by atoms with Crippen molar-refractivity contribution in [1.82, 2.24) is 14.3 Å². The van der Waals surface area contributed by atoms with E-state index in [2.05, 4.69) is 15.0 Å². The summed E-state index contributed by atoms with van der Waals surface area (Å²) in [4.78, 5) is 16.3. The average Bonchev–Trinajstić information content (AvgIpc) is 2.90. The number of benzene rings is 2. The Morgan fingerprint density at radius 2 is 1.93 bits per heavy atom. The maximum absolute atomic E-state index is 12.9. The van der Waals surface area contributed by atoms with Crippen LogP contribution in [0.15, 0.2) is 47.4 Å². The van der Waals surface area contributed by atoms with Crippen molar-refractivity contribution < 1.29 is 17.6 Å². The fourth-order valence-corrected chi connectivity index (χ4v) is 3.67. The van der Waals surface area contributed by atoms with Gasteiger partial charge in [-0.3, -0.25) is 10.1 Å². The lowest BCUT2D eigenvalue weighted by atomic mass is 10.3. The number of imidazole rings is 1. The number of hydrogen-bond donors (Lipinski definition) is 2. The van der Waals surface area contributed by atoms with Crippen molar-refractivity contribution in [3.05, 3.63) is 53.3 Å². The van der Waals surface area contributed by atoms with Crippen LogP contribution in [0.5, 0.6) is 0 Å². The van der Waals surface area contributed by atoms with Crippen LogP contribution in [0.4, 0.5) is 10.3 Å². The van der Waals surface area contributed by atoms with Crippen molar-refractivity contribution in [2.75, 3.05) is 11.9 Å². The lowest BCUT2D eigenvalue weighted by Gasteiger charge is -2.07. The van der Waals surface area contributed by atoms with E-state index in [-0.39, 0.29) is 17.9 Å². The molecule has 7 nitrogen and oxygen atoms in total. The van der Waals surface area contributed by atoms with Crippen LogP contribution in [0.25, 0.3) is 11.0 Å². The van der Waals surface area contributed by atoms with Crippen molar-refractivity contribution in [2.45, 2.75) is 11.3 Å². The zero-order valence-corrected chi connectivity index (χ0v) is 15.8. The van der Waals surface area contributed by atoms with E-state index in [1.807, 2.05) is 0 Å². The van der Waals surface area contributed by atoms with E-state index in [9.17, 15) is 17.6 Å². The summed E-state index contributed by atoms with van der Waals surface area (Å²) in [6.07, 6.45) is -0.0929. The van der Waals surface area contributed by atoms with Crippen LogP contribution in [0.3, 0.4) is 0 Å². The number of aromatic nitrogens is 2. The van der Waals surface area contributed by atoms with Gasteiger partial charge in [0.1, 0.15) is 5.82 Å². The number of sulfonamides is 1. The van der Waals surface area contributed by atoms with E-state index < -0.39 is 21.7 Å². The summed E-state index contributed by atoms with van der Waals surface area (Å²) in [5, 5.41) is 3.17. The number of aryl methyl sites for hydroxylation is 1. The number of nitrogens with zero attached hydrogens (tertiary/aromatic N) is 2.